The third-order valence-electron chi connectivity index (χ3n) is 9.19. The van der Waals surface area contributed by atoms with E-state index in [1.165, 1.54) is 19.4 Å². The first-order chi connectivity index (χ1) is 19.6. The van der Waals surface area contributed by atoms with Crippen molar-refractivity contribution in [1.29, 1.82) is 0 Å². The van der Waals surface area contributed by atoms with Gasteiger partial charge in [0.05, 0.1) is 31.6 Å². The van der Waals surface area contributed by atoms with Crippen LogP contribution >= 0.6 is 0 Å². The van der Waals surface area contributed by atoms with Gasteiger partial charge < -0.3 is 49.5 Å². The van der Waals surface area contributed by atoms with E-state index in [0.29, 0.717) is 23.4 Å². The lowest BCUT2D eigenvalue weighted by atomic mass is 9.62. The summed E-state index contributed by atoms with van der Waals surface area (Å²) in [5.74, 6) is -5.68. The quantitative estimate of drug-likeness (QED) is 0.166. The number of hydrogen-bond donors (Lipinski definition) is 6. The number of esters is 1. The van der Waals surface area contributed by atoms with Gasteiger partial charge in [0.15, 0.2) is 5.60 Å². The van der Waals surface area contributed by atoms with Gasteiger partial charge in [0, 0.05) is 34.2 Å². The minimum Gasteiger partial charge on any atom is -0.483 e. The van der Waals surface area contributed by atoms with Gasteiger partial charge in [-0.25, -0.2) is 4.79 Å². The molecule has 1 saturated carbocycles. The molecule has 2 fully saturated rings. The van der Waals surface area contributed by atoms with Crippen LogP contribution in [0.4, 0.5) is 0 Å². The van der Waals surface area contributed by atoms with E-state index < -0.39 is 84.6 Å². The van der Waals surface area contributed by atoms with Gasteiger partial charge in [-0.3, -0.25) is 4.79 Å². The van der Waals surface area contributed by atoms with Gasteiger partial charge in [0.1, 0.15) is 31.2 Å². The molecule has 4 aliphatic rings. The predicted octanol–water partition coefficient (Wildman–Crippen LogP) is -0.945. The Bertz CT molecular complexity index is 1330. The summed E-state index contributed by atoms with van der Waals surface area (Å²) in [6.07, 6.45) is 4.31. The zero-order chi connectivity index (χ0) is 29.6. The Balaban J connectivity index is 1.58. The SMILES string of the molecule is C=C[C@@H]1[C@H](CC(=O)O)C(C(=O)OC)=CC2(CCCC2)[C@H]1O[C@]1(CO)O[C@H](CO)[C@]2(C=c3cc[nH]c3=CO2)[C@H](O)[C@H]1O. The Morgan fingerprint density at radius 3 is 2.54 bits per heavy atom. The molecule has 2 spiro atoms. The number of aliphatic hydroxyl groups is 4. The number of aromatic amines is 1. The number of carboxylic acids is 1. The van der Waals surface area contributed by atoms with E-state index in [1.54, 1.807) is 24.4 Å². The fourth-order valence-electron chi connectivity index (χ4n) is 7.13. The number of H-pyrrole nitrogens is 1. The summed E-state index contributed by atoms with van der Waals surface area (Å²) >= 11 is 0. The van der Waals surface area contributed by atoms with E-state index in [-0.39, 0.29) is 5.57 Å². The first-order valence-corrected chi connectivity index (χ1v) is 13.7. The number of methoxy groups -OCH3 is 1. The van der Waals surface area contributed by atoms with Crippen molar-refractivity contribution >= 4 is 24.3 Å². The van der Waals surface area contributed by atoms with Gasteiger partial charge in [0.25, 0.3) is 0 Å². The Morgan fingerprint density at radius 1 is 1.20 bits per heavy atom. The maximum absolute atomic E-state index is 12.8. The Labute approximate surface area is 236 Å². The summed E-state index contributed by atoms with van der Waals surface area (Å²) in [5.41, 5.74) is -2.30. The van der Waals surface area contributed by atoms with Crippen molar-refractivity contribution in [2.75, 3.05) is 20.3 Å². The van der Waals surface area contributed by atoms with Crippen molar-refractivity contribution in [3.8, 4) is 0 Å². The molecule has 6 N–H and O–H groups in total. The minimum atomic E-state index is -2.24. The summed E-state index contributed by atoms with van der Waals surface area (Å²) < 4.78 is 23.6. The molecule has 2 aliphatic carbocycles. The van der Waals surface area contributed by atoms with E-state index in [0.717, 1.165) is 12.8 Å². The van der Waals surface area contributed by atoms with Crippen molar-refractivity contribution in [2.45, 2.75) is 67.9 Å². The van der Waals surface area contributed by atoms with Gasteiger partial charge in [-0.1, -0.05) is 25.0 Å². The van der Waals surface area contributed by atoms with Crippen molar-refractivity contribution < 1.29 is 54.1 Å². The lowest BCUT2D eigenvalue weighted by Gasteiger charge is -2.56. The highest BCUT2D eigenvalue weighted by molar-refractivity contribution is 5.90. The van der Waals surface area contributed by atoms with Crippen molar-refractivity contribution in [2.24, 2.45) is 17.3 Å². The zero-order valence-electron chi connectivity index (χ0n) is 22.8. The van der Waals surface area contributed by atoms with Crippen LogP contribution in [-0.4, -0.2) is 98.6 Å². The Morgan fingerprint density at radius 2 is 1.93 bits per heavy atom. The number of carboxylic acid groups (broad SMARTS) is 1. The fraction of sp³-hybridized carbons (Fsp3) is 0.586. The standard InChI is InChI=1S/C29H37NO11/c1-3-17-18(10-22(33)34)19(26(37)38-2)12-27(7-4-5-8-27)25(17)41-29(15-32)24(36)23(35)28(21(13-31)40-29)11-16-6-9-30-20(16)14-39-28/h3,6,9,11-12,14,17-18,21,23-25,30-32,35-36H,1,4-5,7-8,10,13,15H2,2H3,(H,33,34)/t17-,18+,21-,23-,24-,25+,28-,29+/m1/s1. The van der Waals surface area contributed by atoms with Crippen LogP contribution in [0.15, 0.2) is 36.6 Å². The van der Waals surface area contributed by atoms with Crippen LogP contribution in [0.5, 0.6) is 0 Å². The van der Waals surface area contributed by atoms with Gasteiger partial charge in [-0.2, -0.15) is 0 Å². The highest BCUT2D eigenvalue weighted by atomic mass is 16.7. The smallest absolute Gasteiger partial charge is 0.333 e. The van der Waals surface area contributed by atoms with Crippen LogP contribution in [0.3, 0.4) is 0 Å². The van der Waals surface area contributed by atoms with Crippen LogP contribution in [0.1, 0.15) is 32.1 Å². The molecule has 41 heavy (non-hydrogen) atoms. The molecule has 1 saturated heterocycles. The molecule has 3 heterocycles. The first-order valence-electron chi connectivity index (χ1n) is 13.7. The lowest BCUT2D eigenvalue weighted by molar-refractivity contribution is -0.400. The number of aliphatic carboxylic acids is 1. The van der Waals surface area contributed by atoms with Crippen LogP contribution < -0.4 is 10.6 Å². The topological polar surface area (TPSA) is 188 Å². The number of aromatic nitrogens is 1. The molecule has 12 nitrogen and oxygen atoms in total. The second-order valence-corrected chi connectivity index (χ2v) is 11.3. The first kappa shape index (κ1) is 29.5. The lowest BCUT2D eigenvalue weighted by Crippen LogP contribution is -2.74. The maximum Gasteiger partial charge on any atom is 0.333 e. The Hall–Kier alpha value is -3.00. The van der Waals surface area contributed by atoms with Gasteiger partial charge in [-0.05, 0) is 25.0 Å². The van der Waals surface area contributed by atoms with Crippen LogP contribution in [-0.2, 0) is 28.5 Å². The van der Waals surface area contributed by atoms with E-state index in [4.69, 9.17) is 18.9 Å². The van der Waals surface area contributed by atoms with E-state index in [9.17, 15) is 35.1 Å². The van der Waals surface area contributed by atoms with Crippen LogP contribution in [0.2, 0.25) is 0 Å². The molecule has 1 aromatic heterocycles. The summed E-state index contributed by atoms with van der Waals surface area (Å²) in [7, 11) is 1.23. The van der Waals surface area contributed by atoms with Crippen molar-refractivity contribution in [1.82, 2.24) is 4.98 Å². The summed E-state index contributed by atoms with van der Waals surface area (Å²) in [4.78, 5) is 27.7. The summed E-state index contributed by atoms with van der Waals surface area (Å²) in [6, 6.07) is 1.74. The number of aliphatic hydroxyl groups excluding tert-OH is 4. The molecular formula is C29H37NO11. The van der Waals surface area contributed by atoms with E-state index >= 15 is 0 Å². The number of rotatable bonds is 8. The zero-order valence-corrected chi connectivity index (χ0v) is 22.8. The monoisotopic (exact) mass is 575 g/mol. The van der Waals surface area contributed by atoms with Crippen LogP contribution in [0, 0.1) is 17.3 Å². The highest BCUT2D eigenvalue weighted by Crippen LogP contribution is 2.55. The number of carbonyl (C=O) groups is 2. The second-order valence-electron chi connectivity index (χ2n) is 11.3. The molecule has 0 radical (unpaired) electrons. The highest BCUT2D eigenvalue weighted by Gasteiger charge is 2.65. The van der Waals surface area contributed by atoms with Crippen molar-refractivity contribution in [3.63, 3.8) is 0 Å². The molecule has 5 rings (SSSR count). The normalized spacial score (nSPS) is 37.3. The molecule has 0 unspecified atom stereocenters. The second kappa shape index (κ2) is 11.0. The molecule has 224 valence electrons. The molecule has 1 aromatic rings. The summed E-state index contributed by atoms with van der Waals surface area (Å²) in [5, 5.41) is 55.1. The number of carbonyl (C=O) groups excluding carboxylic acids is 1. The molecular weight excluding hydrogens is 538 g/mol. The maximum atomic E-state index is 12.8. The molecule has 0 amide bonds. The van der Waals surface area contributed by atoms with Gasteiger partial charge in [0.2, 0.25) is 5.79 Å². The van der Waals surface area contributed by atoms with Gasteiger partial charge >= 0.3 is 11.9 Å². The third kappa shape index (κ3) is 4.62. The molecule has 2 aliphatic heterocycles. The fourth-order valence-corrected chi connectivity index (χ4v) is 7.13. The molecule has 12 heteroatoms. The number of fused-ring (bicyclic) bond motifs is 1. The average molecular weight is 576 g/mol. The van der Waals surface area contributed by atoms with Crippen LogP contribution in [0.25, 0.3) is 12.3 Å². The summed E-state index contributed by atoms with van der Waals surface area (Å²) in [6.45, 7) is 2.35. The third-order valence-corrected chi connectivity index (χ3v) is 9.19. The van der Waals surface area contributed by atoms with E-state index in [1.807, 2.05) is 0 Å². The predicted molar refractivity (Wildman–Crippen MR) is 142 cm³/mol. The molecule has 0 bridgehead atoms. The average Bonchev–Trinajstić information content (AvgIpc) is 3.64. The Kier molecular flexibility index (Phi) is 7.92. The molecule has 0 aromatic carbocycles. The number of hydrogen-bond acceptors (Lipinski definition) is 10. The number of nitrogens with one attached hydrogen (secondary N) is 1. The van der Waals surface area contributed by atoms with Gasteiger partial charge in [-0.15, -0.1) is 6.58 Å². The minimum absolute atomic E-state index is 0.208. The number of ether oxygens (including phenoxy) is 4. The van der Waals surface area contributed by atoms with Crippen molar-refractivity contribution in [3.05, 3.63) is 47.1 Å². The van der Waals surface area contributed by atoms with E-state index in [2.05, 4.69) is 11.6 Å². The molecule has 8 atom stereocenters. The largest absolute Gasteiger partial charge is 0.483 e.